The topological polar surface area (TPSA) is 44.5 Å². The van der Waals surface area contributed by atoms with Crippen LogP contribution in [0.4, 0.5) is 5.69 Å². The molecule has 3 rings (SSSR count). The predicted molar refractivity (Wildman–Crippen MR) is 72.3 cm³/mol. The maximum atomic E-state index is 5.97. The third-order valence-corrected chi connectivity index (χ3v) is 3.10. The number of halogens is 1. The molecule has 0 fully saturated rings. The highest BCUT2D eigenvalue weighted by Gasteiger charge is 2.13. The van der Waals surface area contributed by atoms with Gasteiger partial charge in [-0.3, -0.25) is 0 Å². The normalized spacial score (nSPS) is 13.4. The Hall–Kier alpha value is -1.87. The van der Waals surface area contributed by atoms with Crippen LogP contribution in [-0.2, 0) is 0 Å². The quantitative estimate of drug-likeness (QED) is 0.801. The highest BCUT2D eigenvalue weighted by molar-refractivity contribution is 6.31. The third-order valence-electron chi connectivity index (χ3n) is 2.87. The van der Waals surface area contributed by atoms with E-state index in [1.54, 1.807) is 6.07 Å². The maximum Gasteiger partial charge on any atom is 0.161 e. The lowest BCUT2D eigenvalue weighted by Crippen LogP contribution is -2.15. The van der Waals surface area contributed by atoms with Crippen LogP contribution in [0.2, 0.25) is 5.02 Å². The predicted octanol–water partition coefficient (Wildman–Crippen LogP) is 3.36. The molecule has 1 heterocycles. The Kier molecular flexibility index (Phi) is 2.76. The van der Waals surface area contributed by atoms with Crippen molar-refractivity contribution < 1.29 is 9.47 Å². The summed E-state index contributed by atoms with van der Waals surface area (Å²) in [7, 11) is 0. The second kappa shape index (κ2) is 4.42. The van der Waals surface area contributed by atoms with Gasteiger partial charge in [-0.25, -0.2) is 0 Å². The van der Waals surface area contributed by atoms with Gasteiger partial charge in [-0.05, 0) is 29.8 Å². The smallest absolute Gasteiger partial charge is 0.161 e. The van der Waals surface area contributed by atoms with E-state index in [1.165, 1.54) is 0 Å². The summed E-state index contributed by atoms with van der Waals surface area (Å²) in [5, 5.41) is 0.633. The summed E-state index contributed by atoms with van der Waals surface area (Å²) in [6.07, 6.45) is 0. The lowest BCUT2D eigenvalue weighted by molar-refractivity contribution is 0.171. The van der Waals surface area contributed by atoms with Crippen LogP contribution in [0.5, 0.6) is 11.5 Å². The summed E-state index contributed by atoms with van der Waals surface area (Å²) < 4.78 is 11.0. The van der Waals surface area contributed by atoms with Crippen molar-refractivity contribution >= 4 is 17.3 Å². The van der Waals surface area contributed by atoms with Crippen molar-refractivity contribution in [1.82, 2.24) is 0 Å². The number of nitrogens with two attached hydrogens (primary N) is 1. The first-order chi connectivity index (χ1) is 8.74. The Morgan fingerprint density at radius 1 is 0.944 bits per heavy atom. The van der Waals surface area contributed by atoms with Gasteiger partial charge in [-0.15, -0.1) is 0 Å². The van der Waals surface area contributed by atoms with Crippen molar-refractivity contribution in [1.29, 1.82) is 0 Å². The number of anilines is 1. The number of fused-ring (bicyclic) bond motifs is 1. The van der Waals surface area contributed by atoms with Gasteiger partial charge in [-0.1, -0.05) is 23.7 Å². The minimum Gasteiger partial charge on any atom is -0.486 e. The molecule has 3 nitrogen and oxygen atoms in total. The van der Waals surface area contributed by atoms with Crippen molar-refractivity contribution in [3.8, 4) is 22.6 Å². The van der Waals surface area contributed by atoms with E-state index in [4.69, 9.17) is 26.8 Å². The molecule has 2 aromatic rings. The molecule has 4 heteroatoms. The lowest BCUT2D eigenvalue weighted by Gasteiger charge is -2.19. The van der Waals surface area contributed by atoms with E-state index in [-0.39, 0.29) is 0 Å². The highest BCUT2D eigenvalue weighted by atomic mass is 35.5. The van der Waals surface area contributed by atoms with Gasteiger partial charge in [0.05, 0.1) is 0 Å². The summed E-state index contributed by atoms with van der Waals surface area (Å²) >= 11 is 5.90. The summed E-state index contributed by atoms with van der Waals surface area (Å²) in [6.45, 7) is 1.17. The Balaban J connectivity index is 2.06. The van der Waals surface area contributed by atoms with E-state index >= 15 is 0 Å². The molecule has 1 aliphatic rings. The fourth-order valence-corrected chi connectivity index (χ4v) is 2.19. The van der Waals surface area contributed by atoms with Crippen LogP contribution < -0.4 is 15.2 Å². The van der Waals surface area contributed by atoms with Crippen molar-refractivity contribution in [3.63, 3.8) is 0 Å². The molecule has 18 heavy (non-hydrogen) atoms. The van der Waals surface area contributed by atoms with Crippen LogP contribution in [0.1, 0.15) is 0 Å². The molecule has 92 valence electrons. The maximum absolute atomic E-state index is 5.97. The van der Waals surface area contributed by atoms with Crippen LogP contribution >= 0.6 is 11.6 Å². The lowest BCUT2D eigenvalue weighted by atomic mass is 10.0. The molecule has 0 aromatic heterocycles. The fourth-order valence-electron chi connectivity index (χ4n) is 2.01. The van der Waals surface area contributed by atoms with Crippen LogP contribution in [0, 0.1) is 0 Å². The Labute approximate surface area is 110 Å². The minimum atomic E-state index is 0.576. The van der Waals surface area contributed by atoms with Gasteiger partial charge in [-0.2, -0.15) is 0 Å². The molecule has 0 unspecified atom stereocenters. The number of hydrogen-bond acceptors (Lipinski definition) is 3. The average Bonchev–Trinajstić information content (AvgIpc) is 2.38. The fraction of sp³-hybridized carbons (Fsp3) is 0.143. The van der Waals surface area contributed by atoms with Crippen LogP contribution in [-0.4, -0.2) is 13.2 Å². The summed E-state index contributed by atoms with van der Waals surface area (Å²) in [5.74, 6) is 1.53. The number of nitrogen functional groups attached to an aromatic ring is 1. The van der Waals surface area contributed by atoms with Gasteiger partial charge in [0.25, 0.3) is 0 Å². The number of rotatable bonds is 1. The second-order valence-electron chi connectivity index (χ2n) is 4.09. The summed E-state index contributed by atoms with van der Waals surface area (Å²) in [4.78, 5) is 0. The molecule has 2 N–H and O–H groups in total. The van der Waals surface area contributed by atoms with E-state index in [0.717, 1.165) is 22.6 Å². The third kappa shape index (κ3) is 1.97. The van der Waals surface area contributed by atoms with E-state index in [9.17, 15) is 0 Å². The van der Waals surface area contributed by atoms with E-state index in [0.29, 0.717) is 23.9 Å². The molecular weight excluding hydrogens is 250 g/mol. The Morgan fingerprint density at radius 2 is 1.72 bits per heavy atom. The largest absolute Gasteiger partial charge is 0.486 e. The van der Waals surface area contributed by atoms with Gasteiger partial charge in [0.1, 0.15) is 13.2 Å². The van der Waals surface area contributed by atoms with Gasteiger partial charge < -0.3 is 15.2 Å². The monoisotopic (exact) mass is 261 g/mol. The van der Waals surface area contributed by atoms with Gasteiger partial charge in [0.15, 0.2) is 11.5 Å². The van der Waals surface area contributed by atoms with E-state index in [2.05, 4.69) is 0 Å². The molecule has 0 saturated heterocycles. The van der Waals surface area contributed by atoms with Crippen LogP contribution in [0.15, 0.2) is 36.4 Å². The summed E-state index contributed by atoms with van der Waals surface area (Å²) in [6, 6.07) is 11.3. The SMILES string of the molecule is Nc1cc(Cl)ccc1-c1ccc2c(c1)OCCO2. The zero-order chi connectivity index (χ0) is 12.5. The van der Waals surface area contributed by atoms with E-state index < -0.39 is 0 Å². The van der Waals surface area contributed by atoms with Crippen molar-refractivity contribution in [2.75, 3.05) is 18.9 Å². The van der Waals surface area contributed by atoms with Gasteiger partial charge in [0, 0.05) is 16.3 Å². The number of benzene rings is 2. The second-order valence-corrected chi connectivity index (χ2v) is 4.53. The zero-order valence-corrected chi connectivity index (χ0v) is 10.4. The summed E-state index contributed by atoms with van der Waals surface area (Å²) in [5.41, 5.74) is 8.56. The van der Waals surface area contributed by atoms with Crippen molar-refractivity contribution in [2.45, 2.75) is 0 Å². The molecule has 0 bridgehead atoms. The van der Waals surface area contributed by atoms with Crippen molar-refractivity contribution in [2.24, 2.45) is 0 Å². The van der Waals surface area contributed by atoms with Gasteiger partial charge in [0.2, 0.25) is 0 Å². The molecule has 2 aromatic carbocycles. The molecule has 1 aliphatic heterocycles. The molecule has 0 atom stereocenters. The van der Waals surface area contributed by atoms with Crippen LogP contribution in [0.3, 0.4) is 0 Å². The molecule has 0 amide bonds. The average molecular weight is 262 g/mol. The first-order valence-electron chi connectivity index (χ1n) is 5.69. The van der Waals surface area contributed by atoms with Crippen molar-refractivity contribution in [3.05, 3.63) is 41.4 Å². The first-order valence-corrected chi connectivity index (χ1v) is 6.07. The minimum absolute atomic E-state index is 0.576. The Bertz CT molecular complexity index is 598. The zero-order valence-electron chi connectivity index (χ0n) is 9.65. The highest BCUT2D eigenvalue weighted by Crippen LogP contribution is 2.36. The number of hydrogen-bond donors (Lipinski definition) is 1. The molecule has 0 spiro atoms. The molecule has 0 aliphatic carbocycles. The Morgan fingerprint density at radius 3 is 2.50 bits per heavy atom. The van der Waals surface area contributed by atoms with E-state index in [1.807, 2.05) is 30.3 Å². The molecule has 0 saturated carbocycles. The van der Waals surface area contributed by atoms with Crippen LogP contribution in [0.25, 0.3) is 11.1 Å². The number of ether oxygens (including phenoxy) is 2. The van der Waals surface area contributed by atoms with Gasteiger partial charge >= 0.3 is 0 Å². The standard InChI is InChI=1S/C14H12ClNO2/c15-10-2-3-11(12(16)8-10)9-1-4-13-14(7-9)18-6-5-17-13/h1-4,7-8H,5-6,16H2. The first kappa shape index (κ1) is 11.2. The molecular formula is C14H12ClNO2. The molecule has 0 radical (unpaired) electrons.